The largest absolute Gasteiger partial charge is 0.343 e. The molecule has 22 heavy (non-hydrogen) atoms. The lowest BCUT2D eigenvalue weighted by atomic mass is 9.94. The fraction of sp³-hybridized carbons (Fsp3) is 0.875. The van der Waals surface area contributed by atoms with Crippen LogP contribution in [0.15, 0.2) is 0 Å². The molecule has 0 aromatic rings. The van der Waals surface area contributed by atoms with Gasteiger partial charge in [0.2, 0.25) is 11.8 Å². The molecule has 0 aliphatic carbocycles. The molecule has 0 bridgehead atoms. The highest BCUT2D eigenvalue weighted by Crippen LogP contribution is 2.24. The number of carbonyl (C=O) groups excluding carboxylic acids is 2. The molecule has 0 radical (unpaired) electrons. The Morgan fingerprint density at radius 1 is 1.18 bits per heavy atom. The summed E-state index contributed by atoms with van der Waals surface area (Å²) in [6.45, 7) is 4.89. The molecule has 2 fully saturated rings. The van der Waals surface area contributed by atoms with Crippen molar-refractivity contribution in [1.29, 1.82) is 0 Å². The molecule has 2 rings (SSSR count). The van der Waals surface area contributed by atoms with E-state index in [4.69, 9.17) is 0 Å². The quantitative estimate of drug-likeness (QED) is 0.780. The molecule has 126 valence electrons. The number of likely N-dealkylation sites (N-methyl/N-ethyl adjacent to an activating group) is 1. The Morgan fingerprint density at radius 2 is 1.86 bits per heavy atom. The van der Waals surface area contributed by atoms with Crippen molar-refractivity contribution in [2.45, 2.75) is 32.2 Å². The van der Waals surface area contributed by atoms with E-state index in [0.29, 0.717) is 11.9 Å². The van der Waals surface area contributed by atoms with Gasteiger partial charge in [-0.1, -0.05) is 0 Å². The van der Waals surface area contributed by atoms with E-state index in [9.17, 15) is 9.59 Å². The van der Waals surface area contributed by atoms with Crippen LogP contribution in [0.25, 0.3) is 0 Å². The van der Waals surface area contributed by atoms with Crippen molar-refractivity contribution in [3.63, 3.8) is 0 Å². The Hall–Kier alpha value is -0.750. The lowest BCUT2D eigenvalue weighted by molar-refractivity contribution is -0.141. The van der Waals surface area contributed by atoms with Crippen LogP contribution < -0.4 is 0 Å². The molecular formula is C16H29N3O2S. The molecule has 0 spiro atoms. The van der Waals surface area contributed by atoms with Crippen molar-refractivity contribution < 1.29 is 9.59 Å². The smallest absolute Gasteiger partial charge is 0.226 e. The molecule has 0 saturated carbocycles. The zero-order valence-electron chi connectivity index (χ0n) is 14.1. The average molecular weight is 327 g/mol. The number of piperidine rings is 1. The number of likely N-dealkylation sites (tertiary alicyclic amines) is 1. The first kappa shape index (κ1) is 17.6. The molecule has 5 nitrogen and oxygen atoms in total. The van der Waals surface area contributed by atoms with Gasteiger partial charge in [-0.05, 0) is 39.1 Å². The summed E-state index contributed by atoms with van der Waals surface area (Å²) >= 11 is 1.96. The van der Waals surface area contributed by atoms with Gasteiger partial charge in [-0.2, -0.15) is 11.8 Å². The standard InChI is InChI=1S/C16H29N3O2S/c1-13(20)18-8-5-14(6-9-18)16(21)19-7-4-10-22-12-15(19)11-17(2)3/h14-15H,4-12H2,1-3H3. The molecule has 2 saturated heterocycles. The third-order valence-corrected chi connectivity index (χ3v) is 5.79. The van der Waals surface area contributed by atoms with Crippen LogP contribution in [0, 0.1) is 5.92 Å². The summed E-state index contributed by atoms with van der Waals surface area (Å²) in [5.41, 5.74) is 0. The van der Waals surface area contributed by atoms with Crippen LogP contribution >= 0.6 is 11.8 Å². The zero-order chi connectivity index (χ0) is 16.1. The number of amides is 2. The minimum atomic E-state index is 0.100. The van der Waals surface area contributed by atoms with Crippen LogP contribution in [0.3, 0.4) is 0 Å². The fourth-order valence-electron chi connectivity index (χ4n) is 3.37. The van der Waals surface area contributed by atoms with Crippen molar-refractivity contribution in [3.8, 4) is 0 Å². The molecule has 2 amide bonds. The van der Waals surface area contributed by atoms with E-state index in [1.807, 2.05) is 16.7 Å². The van der Waals surface area contributed by atoms with Gasteiger partial charge in [-0.3, -0.25) is 9.59 Å². The van der Waals surface area contributed by atoms with Gasteiger partial charge >= 0.3 is 0 Å². The highest BCUT2D eigenvalue weighted by Gasteiger charge is 2.33. The Labute approximate surface area is 138 Å². The van der Waals surface area contributed by atoms with Crippen LogP contribution in [0.4, 0.5) is 0 Å². The topological polar surface area (TPSA) is 43.9 Å². The predicted octanol–water partition coefficient (Wildman–Crippen LogP) is 1.14. The van der Waals surface area contributed by atoms with Crippen LogP contribution in [0.5, 0.6) is 0 Å². The molecule has 0 aromatic heterocycles. The van der Waals surface area contributed by atoms with Crippen molar-refractivity contribution in [2.24, 2.45) is 5.92 Å². The predicted molar refractivity (Wildman–Crippen MR) is 91.0 cm³/mol. The first-order chi connectivity index (χ1) is 10.5. The lowest BCUT2D eigenvalue weighted by Crippen LogP contribution is -2.50. The maximum Gasteiger partial charge on any atom is 0.226 e. The van der Waals surface area contributed by atoms with Crippen molar-refractivity contribution >= 4 is 23.6 Å². The van der Waals surface area contributed by atoms with Gasteiger partial charge < -0.3 is 14.7 Å². The Bertz CT molecular complexity index is 395. The van der Waals surface area contributed by atoms with E-state index in [2.05, 4.69) is 23.9 Å². The summed E-state index contributed by atoms with van der Waals surface area (Å²) in [6, 6.07) is 0.320. The third-order valence-electron chi connectivity index (χ3n) is 4.59. The molecule has 1 unspecified atom stereocenters. The van der Waals surface area contributed by atoms with Gasteiger partial charge in [-0.25, -0.2) is 0 Å². The summed E-state index contributed by atoms with van der Waals surface area (Å²) in [5.74, 6) is 2.73. The van der Waals surface area contributed by atoms with E-state index in [0.717, 1.165) is 56.9 Å². The molecule has 2 aliphatic heterocycles. The van der Waals surface area contributed by atoms with E-state index in [1.165, 1.54) is 0 Å². The minimum absolute atomic E-state index is 0.100. The first-order valence-electron chi connectivity index (χ1n) is 8.27. The number of thioether (sulfide) groups is 1. The molecule has 2 aliphatic rings. The fourth-order valence-corrected chi connectivity index (χ4v) is 4.42. The summed E-state index contributed by atoms with van der Waals surface area (Å²) in [4.78, 5) is 30.6. The number of rotatable bonds is 3. The maximum atomic E-state index is 13.0. The second-order valence-electron chi connectivity index (χ2n) is 6.66. The zero-order valence-corrected chi connectivity index (χ0v) is 14.9. The van der Waals surface area contributed by atoms with E-state index in [-0.39, 0.29) is 11.8 Å². The average Bonchev–Trinajstić information content (AvgIpc) is 2.71. The van der Waals surface area contributed by atoms with Gasteiger partial charge in [0.15, 0.2) is 0 Å². The molecule has 1 atom stereocenters. The van der Waals surface area contributed by atoms with Gasteiger partial charge in [0.25, 0.3) is 0 Å². The lowest BCUT2D eigenvalue weighted by Gasteiger charge is -2.37. The van der Waals surface area contributed by atoms with E-state index < -0.39 is 0 Å². The first-order valence-corrected chi connectivity index (χ1v) is 9.43. The highest BCUT2D eigenvalue weighted by molar-refractivity contribution is 7.99. The third kappa shape index (κ3) is 4.62. The molecule has 2 heterocycles. The monoisotopic (exact) mass is 327 g/mol. The van der Waals surface area contributed by atoms with Crippen LogP contribution in [0.1, 0.15) is 26.2 Å². The summed E-state index contributed by atoms with van der Waals surface area (Å²) in [7, 11) is 4.15. The Kier molecular flexibility index (Phi) is 6.56. The highest BCUT2D eigenvalue weighted by atomic mass is 32.2. The summed E-state index contributed by atoms with van der Waals surface area (Å²) < 4.78 is 0. The van der Waals surface area contributed by atoms with Crippen molar-refractivity contribution in [1.82, 2.24) is 14.7 Å². The minimum Gasteiger partial charge on any atom is -0.343 e. The van der Waals surface area contributed by atoms with Crippen LogP contribution in [0.2, 0.25) is 0 Å². The molecular weight excluding hydrogens is 298 g/mol. The second-order valence-corrected chi connectivity index (χ2v) is 7.81. The van der Waals surface area contributed by atoms with E-state index >= 15 is 0 Å². The van der Waals surface area contributed by atoms with Crippen molar-refractivity contribution in [2.75, 3.05) is 51.8 Å². The molecule has 0 N–H and O–H groups in total. The van der Waals surface area contributed by atoms with Gasteiger partial charge in [0.05, 0.1) is 6.04 Å². The van der Waals surface area contributed by atoms with Crippen molar-refractivity contribution in [3.05, 3.63) is 0 Å². The summed E-state index contributed by atoms with van der Waals surface area (Å²) in [6.07, 6.45) is 2.72. The number of carbonyl (C=O) groups is 2. The summed E-state index contributed by atoms with van der Waals surface area (Å²) in [5, 5.41) is 0. The van der Waals surface area contributed by atoms with Crippen LogP contribution in [-0.2, 0) is 9.59 Å². The molecule has 6 heteroatoms. The second kappa shape index (κ2) is 8.20. The van der Waals surface area contributed by atoms with Gasteiger partial charge in [-0.15, -0.1) is 0 Å². The maximum absolute atomic E-state index is 13.0. The number of nitrogens with zero attached hydrogens (tertiary/aromatic N) is 3. The normalized spacial score (nSPS) is 24.5. The van der Waals surface area contributed by atoms with Crippen LogP contribution in [-0.4, -0.2) is 84.3 Å². The Morgan fingerprint density at radius 3 is 2.45 bits per heavy atom. The van der Waals surface area contributed by atoms with Gasteiger partial charge in [0.1, 0.15) is 0 Å². The SMILES string of the molecule is CC(=O)N1CCC(C(=O)N2CCCSCC2CN(C)C)CC1. The molecule has 0 aromatic carbocycles. The number of hydrogen-bond acceptors (Lipinski definition) is 4. The van der Waals surface area contributed by atoms with Gasteiger partial charge in [0, 0.05) is 44.8 Å². The number of hydrogen-bond donors (Lipinski definition) is 0. The Balaban J connectivity index is 1.97. The van der Waals surface area contributed by atoms with E-state index in [1.54, 1.807) is 6.92 Å².